The molecule has 31 heavy (non-hydrogen) atoms. The van der Waals surface area contributed by atoms with Gasteiger partial charge in [-0.05, 0) is 31.0 Å². The van der Waals surface area contributed by atoms with Crippen LogP contribution >= 0.6 is 24.0 Å². The van der Waals surface area contributed by atoms with Gasteiger partial charge in [0, 0.05) is 37.7 Å². The minimum atomic E-state index is -0.777. The Labute approximate surface area is 199 Å². The summed E-state index contributed by atoms with van der Waals surface area (Å²) in [6, 6.07) is 16.3. The summed E-state index contributed by atoms with van der Waals surface area (Å²) in [5.74, 6) is 1.75. The first-order chi connectivity index (χ1) is 14.6. The molecule has 0 radical (unpaired) electrons. The maximum atomic E-state index is 10.7. The fourth-order valence-corrected chi connectivity index (χ4v) is 3.48. The molecule has 0 saturated carbocycles. The highest BCUT2D eigenvalue weighted by Gasteiger charge is 2.26. The van der Waals surface area contributed by atoms with Crippen molar-refractivity contribution in [3.05, 3.63) is 70.3 Å². The number of likely N-dealkylation sites (tertiary alicyclic amines) is 1. The van der Waals surface area contributed by atoms with E-state index >= 15 is 0 Å². The van der Waals surface area contributed by atoms with E-state index in [4.69, 9.17) is 4.74 Å². The molecule has 168 valence electrons. The molecule has 2 N–H and O–H groups in total. The predicted molar refractivity (Wildman–Crippen MR) is 131 cm³/mol. The largest absolute Gasteiger partial charge is 0.491 e. The summed E-state index contributed by atoms with van der Waals surface area (Å²) in [6.45, 7) is 4.86. The molecule has 0 aromatic heterocycles. The van der Waals surface area contributed by atoms with E-state index in [1.165, 1.54) is 29.8 Å². The number of halogens is 1. The summed E-state index contributed by atoms with van der Waals surface area (Å²) in [5, 5.41) is 24.2. The summed E-state index contributed by atoms with van der Waals surface area (Å²) < 4.78 is 5.52. The minimum absolute atomic E-state index is 0. The fraction of sp³-hybridized carbons (Fsp3) is 0.409. The summed E-state index contributed by atoms with van der Waals surface area (Å²) in [7, 11) is 0. The number of nitro benzene ring substituents is 1. The average Bonchev–Trinajstić information content (AvgIpc) is 3.26. The maximum Gasteiger partial charge on any atom is 0.269 e. The molecule has 0 aliphatic carbocycles. The van der Waals surface area contributed by atoms with Crippen LogP contribution in [-0.2, 0) is 0 Å². The first-order valence-electron chi connectivity index (χ1n) is 10.2. The van der Waals surface area contributed by atoms with Gasteiger partial charge < -0.3 is 20.1 Å². The zero-order valence-corrected chi connectivity index (χ0v) is 19.8. The maximum absolute atomic E-state index is 10.7. The number of ether oxygens (including phenoxy) is 1. The second-order valence-electron chi connectivity index (χ2n) is 7.25. The molecule has 0 amide bonds. The van der Waals surface area contributed by atoms with Gasteiger partial charge in [0.2, 0.25) is 0 Å². The molecule has 1 aliphatic rings. The van der Waals surface area contributed by atoms with E-state index in [-0.39, 0.29) is 42.8 Å². The SMILES string of the molecule is CCNC(=NCC(O)COc1ccc([N+](=O)[O-])cc1)N1CCC(c2ccccc2)C1.I. The van der Waals surface area contributed by atoms with Gasteiger partial charge in [-0.15, -0.1) is 24.0 Å². The number of hydrogen-bond acceptors (Lipinski definition) is 5. The monoisotopic (exact) mass is 540 g/mol. The van der Waals surface area contributed by atoms with Gasteiger partial charge in [-0.25, -0.2) is 0 Å². The Morgan fingerprint density at radius 2 is 2.00 bits per heavy atom. The number of rotatable bonds is 8. The molecule has 1 fully saturated rings. The van der Waals surface area contributed by atoms with Crippen molar-refractivity contribution in [1.29, 1.82) is 0 Å². The Balaban J connectivity index is 0.00000341. The van der Waals surface area contributed by atoms with Crippen molar-refractivity contribution < 1.29 is 14.8 Å². The Morgan fingerprint density at radius 1 is 1.29 bits per heavy atom. The van der Waals surface area contributed by atoms with Gasteiger partial charge in [-0.2, -0.15) is 0 Å². The third-order valence-electron chi connectivity index (χ3n) is 5.04. The predicted octanol–water partition coefficient (Wildman–Crippen LogP) is 3.41. The Bertz CT molecular complexity index is 848. The molecule has 8 nitrogen and oxygen atoms in total. The van der Waals surface area contributed by atoms with Gasteiger partial charge in [0.25, 0.3) is 5.69 Å². The summed E-state index contributed by atoms with van der Waals surface area (Å²) in [4.78, 5) is 17.0. The molecule has 3 rings (SSSR count). The van der Waals surface area contributed by atoms with E-state index in [9.17, 15) is 15.2 Å². The van der Waals surface area contributed by atoms with Crippen LogP contribution < -0.4 is 10.1 Å². The molecule has 9 heteroatoms. The van der Waals surface area contributed by atoms with Crippen LogP contribution in [0.15, 0.2) is 59.6 Å². The highest BCUT2D eigenvalue weighted by molar-refractivity contribution is 14.0. The quantitative estimate of drug-likeness (QED) is 0.175. The van der Waals surface area contributed by atoms with Crippen LogP contribution in [0.4, 0.5) is 5.69 Å². The summed E-state index contributed by atoms with van der Waals surface area (Å²) >= 11 is 0. The number of aliphatic imine (C=N–C) groups is 1. The number of benzene rings is 2. The zero-order valence-electron chi connectivity index (χ0n) is 17.5. The Morgan fingerprint density at radius 3 is 2.65 bits per heavy atom. The molecular weight excluding hydrogens is 511 g/mol. The van der Waals surface area contributed by atoms with Gasteiger partial charge in [0.15, 0.2) is 5.96 Å². The molecule has 2 aromatic rings. The number of aliphatic hydroxyl groups excluding tert-OH is 1. The van der Waals surface area contributed by atoms with Crippen LogP contribution in [0.1, 0.15) is 24.8 Å². The standard InChI is InChI=1S/C22H28N4O4.HI/c1-2-23-22(25-13-12-18(15-25)17-6-4-3-5-7-17)24-14-20(27)16-30-21-10-8-19(9-11-21)26(28)29;/h3-11,18,20,27H,2,12-16H2,1H3,(H,23,24);1H. The lowest BCUT2D eigenvalue weighted by Gasteiger charge is -2.22. The number of hydrogen-bond donors (Lipinski definition) is 2. The van der Waals surface area contributed by atoms with E-state index in [2.05, 4.69) is 39.5 Å². The van der Waals surface area contributed by atoms with Crippen molar-refractivity contribution in [2.75, 3.05) is 32.8 Å². The summed E-state index contributed by atoms with van der Waals surface area (Å²) in [6.07, 6.45) is 0.293. The number of aliphatic hydroxyl groups is 1. The Hall–Kier alpha value is -2.40. The van der Waals surface area contributed by atoms with E-state index in [0.29, 0.717) is 11.7 Å². The minimum Gasteiger partial charge on any atom is -0.491 e. The smallest absolute Gasteiger partial charge is 0.269 e. The number of guanidine groups is 1. The third kappa shape index (κ3) is 7.35. The van der Waals surface area contributed by atoms with Gasteiger partial charge >= 0.3 is 0 Å². The van der Waals surface area contributed by atoms with Gasteiger partial charge in [0.1, 0.15) is 18.5 Å². The van der Waals surface area contributed by atoms with Crippen LogP contribution in [0, 0.1) is 10.1 Å². The second kappa shape index (κ2) is 12.5. The highest BCUT2D eigenvalue weighted by atomic mass is 127. The van der Waals surface area contributed by atoms with Crippen LogP contribution in [0.3, 0.4) is 0 Å². The van der Waals surface area contributed by atoms with Gasteiger partial charge in [-0.1, -0.05) is 30.3 Å². The first kappa shape index (κ1) is 24.9. The lowest BCUT2D eigenvalue weighted by atomic mass is 9.99. The van der Waals surface area contributed by atoms with Crippen molar-refractivity contribution in [3.8, 4) is 5.75 Å². The van der Waals surface area contributed by atoms with E-state index < -0.39 is 11.0 Å². The lowest BCUT2D eigenvalue weighted by Crippen LogP contribution is -2.40. The van der Waals surface area contributed by atoms with E-state index in [0.717, 1.165) is 32.0 Å². The lowest BCUT2D eigenvalue weighted by molar-refractivity contribution is -0.384. The molecule has 1 heterocycles. The van der Waals surface area contributed by atoms with Crippen LogP contribution in [0.2, 0.25) is 0 Å². The number of nitrogens with one attached hydrogen (secondary N) is 1. The zero-order chi connectivity index (χ0) is 21.3. The molecule has 2 unspecified atom stereocenters. The van der Waals surface area contributed by atoms with Crippen molar-refractivity contribution in [3.63, 3.8) is 0 Å². The highest BCUT2D eigenvalue weighted by Crippen LogP contribution is 2.26. The number of non-ortho nitro benzene ring substituents is 1. The van der Waals surface area contributed by atoms with E-state index in [1.807, 2.05) is 13.0 Å². The van der Waals surface area contributed by atoms with Crippen LogP contribution in [-0.4, -0.2) is 59.8 Å². The van der Waals surface area contributed by atoms with Crippen molar-refractivity contribution in [1.82, 2.24) is 10.2 Å². The van der Waals surface area contributed by atoms with E-state index in [1.54, 1.807) is 0 Å². The molecule has 0 spiro atoms. The molecule has 2 atom stereocenters. The number of nitrogens with zero attached hydrogens (tertiary/aromatic N) is 3. The average molecular weight is 540 g/mol. The van der Waals surface area contributed by atoms with Crippen LogP contribution in [0.5, 0.6) is 5.75 Å². The Kier molecular flexibility index (Phi) is 9.99. The normalized spacial score (nSPS) is 17.0. The van der Waals surface area contributed by atoms with Gasteiger partial charge in [0.05, 0.1) is 11.5 Å². The van der Waals surface area contributed by atoms with Crippen molar-refractivity contribution >= 4 is 35.6 Å². The fourth-order valence-electron chi connectivity index (χ4n) is 3.48. The van der Waals surface area contributed by atoms with Crippen molar-refractivity contribution in [2.24, 2.45) is 4.99 Å². The van der Waals surface area contributed by atoms with Crippen LogP contribution in [0.25, 0.3) is 0 Å². The third-order valence-corrected chi connectivity index (χ3v) is 5.04. The summed E-state index contributed by atoms with van der Waals surface area (Å²) in [5.41, 5.74) is 1.34. The molecule has 1 aliphatic heterocycles. The molecule has 0 bridgehead atoms. The molecule has 1 saturated heterocycles. The second-order valence-corrected chi connectivity index (χ2v) is 7.25. The van der Waals surface area contributed by atoms with Crippen molar-refractivity contribution in [2.45, 2.75) is 25.4 Å². The molecular formula is C22H29IN4O4. The first-order valence-corrected chi connectivity index (χ1v) is 10.2. The number of nitro groups is 1. The topological polar surface area (TPSA) is 100 Å². The molecule has 2 aromatic carbocycles. The van der Waals surface area contributed by atoms with Gasteiger partial charge in [-0.3, -0.25) is 15.1 Å².